The van der Waals surface area contributed by atoms with E-state index in [4.69, 9.17) is 5.73 Å². The molecule has 1 saturated heterocycles. The first kappa shape index (κ1) is 21.4. The van der Waals surface area contributed by atoms with Gasteiger partial charge in [-0.05, 0) is 26.2 Å². The van der Waals surface area contributed by atoms with Crippen molar-refractivity contribution in [2.24, 2.45) is 5.92 Å². The van der Waals surface area contributed by atoms with Crippen molar-refractivity contribution in [3.63, 3.8) is 0 Å². The average molecular weight is 364 g/mol. The number of nitrogens with two attached hydrogens (primary N) is 1. The zero-order chi connectivity index (χ0) is 15.4. The molecule has 2 amide bonds. The van der Waals surface area contributed by atoms with Gasteiger partial charge in [-0.1, -0.05) is 0 Å². The third-order valence-corrected chi connectivity index (χ3v) is 3.46. The molecular weight excluding hydrogens is 341 g/mol. The Morgan fingerprint density at radius 1 is 1.43 bits per heavy atom. The van der Waals surface area contributed by atoms with Gasteiger partial charge in [-0.25, -0.2) is 4.98 Å². The summed E-state index contributed by atoms with van der Waals surface area (Å²) >= 11 is 0. The Morgan fingerprint density at radius 3 is 2.70 bits per heavy atom. The first-order chi connectivity index (χ1) is 9.95. The maximum absolute atomic E-state index is 12.2. The van der Waals surface area contributed by atoms with Crippen LogP contribution in [-0.4, -0.2) is 60.3 Å². The number of likely N-dealkylation sites (tertiary alicyclic amines) is 1. The van der Waals surface area contributed by atoms with E-state index >= 15 is 0 Å². The monoisotopic (exact) mass is 363 g/mol. The summed E-state index contributed by atoms with van der Waals surface area (Å²) in [6, 6.07) is 3.32. The molecule has 0 aliphatic carbocycles. The Labute approximate surface area is 148 Å². The van der Waals surface area contributed by atoms with E-state index < -0.39 is 0 Å². The maximum atomic E-state index is 12.2. The lowest BCUT2D eigenvalue weighted by Crippen LogP contribution is -2.34. The SMILES string of the molecule is CN(C)CCN1CC(C(=O)Nc2ccc(N)nc2)CC1=O.Cl.Cl. The molecule has 3 N–H and O–H groups in total. The number of pyridine rings is 1. The summed E-state index contributed by atoms with van der Waals surface area (Å²) < 4.78 is 0. The molecule has 2 heterocycles. The number of anilines is 2. The van der Waals surface area contributed by atoms with Crippen LogP contribution in [0, 0.1) is 5.92 Å². The lowest BCUT2D eigenvalue weighted by molar-refractivity contribution is -0.128. The van der Waals surface area contributed by atoms with Crippen LogP contribution >= 0.6 is 24.8 Å². The first-order valence-electron chi connectivity index (χ1n) is 6.90. The predicted octanol–water partition coefficient (Wildman–Crippen LogP) is 0.856. The van der Waals surface area contributed by atoms with E-state index in [0.29, 0.717) is 24.6 Å². The molecule has 7 nitrogen and oxygen atoms in total. The summed E-state index contributed by atoms with van der Waals surface area (Å²) in [6.07, 6.45) is 1.77. The lowest BCUT2D eigenvalue weighted by Gasteiger charge is -2.19. The molecule has 1 fully saturated rings. The molecule has 0 bridgehead atoms. The number of hydrogen-bond acceptors (Lipinski definition) is 5. The number of aromatic nitrogens is 1. The summed E-state index contributed by atoms with van der Waals surface area (Å²) in [6.45, 7) is 1.92. The number of carbonyl (C=O) groups excluding carboxylic acids is 2. The molecule has 23 heavy (non-hydrogen) atoms. The molecule has 2 rings (SSSR count). The van der Waals surface area contributed by atoms with Crippen LogP contribution in [0.2, 0.25) is 0 Å². The minimum atomic E-state index is -0.308. The summed E-state index contributed by atoms with van der Waals surface area (Å²) in [5, 5.41) is 2.77. The molecule has 0 aromatic carbocycles. The number of rotatable bonds is 5. The Kier molecular flexibility index (Phi) is 8.89. The van der Waals surface area contributed by atoms with E-state index in [1.807, 2.05) is 19.0 Å². The van der Waals surface area contributed by atoms with Gasteiger partial charge in [0.15, 0.2) is 0 Å². The van der Waals surface area contributed by atoms with E-state index in [1.165, 1.54) is 6.20 Å². The summed E-state index contributed by atoms with van der Waals surface area (Å²) in [5.41, 5.74) is 6.09. The number of nitrogens with zero attached hydrogens (tertiary/aromatic N) is 3. The standard InChI is InChI=1S/C14H21N5O2.2ClH/c1-18(2)5-6-19-9-10(7-13(19)20)14(21)17-11-3-4-12(15)16-8-11;;/h3-4,8,10H,5-7,9H2,1-2H3,(H2,15,16)(H,17,21);2*1H. The number of nitrogen functional groups attached to an aromatic ring is 1. The smallest absolute Gasteiger partial charge is 0.229 e. The third kappa shape index (κ3) is 6.21. The van der Waals surface area contributed by atoms with Gasteiger partial charge in [0.2, 0.25) is 11.8 Å². The second-order valence-electron chi connectivity index (χ2n) is 5.51. The maximum Gasteiger partial charge on any atom is 0.229 e. The van der Waals surface area contributed by atoms with Crippen LogP contribution < -0.4 is 11.1 Å². The summed E-state index contributed by atoms with van der Waals surface area (Å²) in [4.78, 5) is 31.7. The number of likely N-dealkylation sites (N-methyl/N-ethyl adjacent to an activating group) is 1. The van der Waals surface area contributed by atoms with Crippen LogP contribution in [-0.2, 0) is 9.59 Å². The number of nitrogens with one attached hydrogen (secondary N) is 1. The molecule has 0 spiro atoms. The van der Waals surface area contributed by atoms with Gasteiger partial charge >= 0.3 is 0 Å². The van der Waals surface area contributed by atoms with Crippen molar-refractivity contribution in [2.75, 3.05) is 44.8 Å². The first-order valence-corrected chi connectivity index (χ1v) is 6.90. The summed E-state index contributed by atoms with van der Waals surface area (Å²) in [7, 11) is 3.91. The predicted molar refractivity (Wildman–Crippen MR) is 95.0 cm³/mol. The van der Waals surface area contributed by atoms with Gasteiger partial charge in [0.25, 0.3) is 0 Å². The Hall–Kier alpha value is -1.57. The molecular formula is C14H23Cl2N5O2. The van der Waals surface area contributed by atoms with Gasteiger partial charge in [0.05, 0.1) is 17.8 Å². The van der Waals surface area contributed by atoms with E-state index in [9.17, 15) is 9.59 Å². The van der Waals surface area contributed by atoms with Crippen molar-refractivity contribution in [3.8, 4) is 0 Å². The largest absolute Gasteiger partial charge is 0.384 e. The van der Waals surface area contributed by atoms with Crippen molar-refractivity contribution in [2.45, 2.75) is 6.42 Å². The highest BCUT2D eigenvalue weighted by molar-refractivity contribution is 5.97. The van der Waals surface area contributed by atoms with Crippen molar-refractivity contribution in [1.29, 1.82) is 0 Å². The van der Waals surface area contributed by atoms with Gasteiger partial charge in [-0.15, -0.1) is 24.8 Å². The molecule has 1 aliphatic heterocycles. The van der Waals surface area contributed by atoms with Crippen LogP contribution in [0.4, 0.5) is 11.5 Å². The number of halogens is 2. The third-order valence-electron chi connectivity index (χ3n) is 3.46. The molecule has 130 valence electrons. The van der Waals surface area contributed by atoms with E-state index in [2.05, 4.69) is 10.3 Å². The normalized spacial score (nSPS) is 16.7. The van der Waals surface area contributed by atoms with Gasteiger partial charge in [-0.2, -0.15) is 0 Å². The van der Waals surface area contributed by atoms with Crippen molar-refractivity contribution < 1.29 is 9.59 Å². The molecule has 0 saturated carbocycles. The van der Waals surface area contributed by atoms with Crippen LogP contribution in [0.25, 0.3) is 0 Å². The van der Waals surface area contributed by atoms with Crippen LogP contribution in [0.1, 0.15) is 6.42 Å². The Morgan fingerprint density at radius 2 is 2.13 bits per heavy atom. The Balaban J connectivity index is 0.00000242. The molecule has 0 radical (unpaired) electrons. The van der Waals surface area contributed by atoms with Crippen molar-refractivity contribution in [3.05, 3.63) is 18.3 Å². The quantitative estimate of drug-likeness (QED) is 0.809. The number of amides is 2. The topological polar surface area (TPSA) is 91.6 Å². The Bertz CT molecular complexity index is 524. The number of hydrogen-bond donors (Lipinski definition) is 2. The van der Waals surface area contributed by atoms with Crippen molar-refractivity contribution in [1.82, 2.24) is 14.8 Å². The highest BCUT2D eigenvalue weighted by atomic mass is 35.5. The fourth-order valence-corrected chi connectivity index (χ4v) is 2.21. The second-order valence-corrected chi connectivity index (χ2v) is 5.51. The highest BCUT2D eigenvalue weighted by Gasteiger charge is 2.34. The molecule has 1 aliphatic rings. The molecule has 1 aromatic heterocycles. The molecule has 1 atom stereocenters. The minimum Gasteiger partial charge on any atom is -0.384 e. The van der Waals surface area contributed by atoms with Gasteiger partial charge in [0, 0.05) is 26.1 Å². The molecule has 1 aromatic rings. The van der Waals surface area contributed by atoms with E-state index in [1.54, 1.807) is 17.0 Å². The zero-order valence-corrected chi connectivity index (χ0v) is 14.8. The van der Waals surface area contributed by atoms with Crippen LogP contribution in [0.15, 0.2) is 18.3 Å². The van der Waals surface area contributed by atoms with Crippen LogP contribution in [0.5, 0.6) is 0 Å². The molecule has 1 unspecified atom stereocenters. The second kappa shape index (κ2) is 9.54. The fraction of sp³-hybridized carbons (Fsp3) is 0.500. The van der Waals surface area contributed by atoms with Crippen molar-refractivity contribution >= 4 is 48.1 Å². The highest BCUT2D eigenvalue weighted by Crippen LogP contribution is 2.19. The van der Waals surface area contributed by atoms with Gasteiger partial charge < -0.3 is 20.9 Å². The molecule has 9 heteroatoms. The van der Waals surface area contributed by atoms with Gasteiger partial charge in [0.1, 0.15) is 5.82 Å². The van der Waals surface area contributed by atoms with E-state index in [0.717, 1.165) is 6.54 Å². The van der Waals surface area contributed by atoms with Gasteiger partial charge in [-0.3, -0.25) is 9.59 Å². The average Bonchev–Trinajstić information content (AvgIpc) is 2.80. The summed E-state index contributed by atoms with van der Waals surface area (Å²) in [5.74, 6) is -0.0224. The van der Waals surface area contributed by atoms with E-state index in [-0.39, 0.29) is 49.0 Å². The van der Waals surface area contributed by atoms with Crippen LogP contribution in [0.3, 0.4) is 0 Å². The zero-order valence-electron chi connectivity index (χ0n) is 13.2. The lowest BCUT2D eigenvalue weighted by atomic mass is 10.1. The minimum absolute atomic E-state index is 0. The number of carbonyl (C=O) groups is 2. The fourth-order valence-electron chi connectivity index (χ4n) is 2.21.